The molecule has 1 rings (SSSR count). The Morgan fingerprint density at radius 3 is 2.50 bits per heavy atom. The highest BCUT2D eigenvalue weighted by Crippen LogP contribution is 2.22. The highest BCUT2D eigenvalue weighted by atomic mass is 32.2. The Hall–Kier alpha value is -1.49. The van der Waals surface area contributed by atoms with E-state index in [9.17, 15) is 9.59 Å². The van der Waals surface area contributed by atoms with Gasteiger partial charge in [-0.25, -0.2) is 4.79 Å². The van der Waals surface area contributed by atoms with Crippen molar-refractivity contribution in [1.29, 1.82) is 0 Å². The fourth-order valence-corrected chi connectivity index (χ4v) is 2.03. The van der Waals surface area contributed by atoms with E-state index in [-0.39, 0.29) is 12.0 Å². The lowest BCUT2D eigenvalue weighted by Crippen LogP contribution is -2.07. The van der Waals surface area contributed by atoms with Gasteiger partial charge >= 0.3 is 11.9 Å². The van der Waals surface area contributed by atoms with E-state index in [0.717, 1.165) is 10.6 Å². The second-order valence-corrected chi connectivity index (χ2v) is 4.47. The smallest absolute Gasteiger partial charge is 0.336 e. The minimum atomic E-state index is -1.09. The van der Waals surface area contributed by atoms with Crippen molar-refractivity contribution in [2.75, 3.05) is 5.75 Å². The number of carbonyl (C=O) groups is 2. The first-order chi connectivity index (χ1) is 7.54. The molecule has 0 radical (unpaired) electrons. The number of thioether (sulfide) groups is 1. The fraction of sp³-hybridized carbons (Fsp3) is 0.273. The van der Waals surface area contributed by atoms with Crippen molar-refractivity contribution in [3.8, 4) is 0 Å². The Labute approximate surface area is 97.3 Å². The third-order valence-corrected chi connectivity index (χ3v) is 2.84. The third kappa shape index (κ3) is 3.27. The molecule has 0 amide bonds. The summed E-state index contributed by atoms with van der Waals surface area (Å²) in [6.07, 6.45) is -0.265. The van der Waals surface area contributed by atoms with E-state index < -0.39 is 11.9 Å². The molecular formula is C11H12O4S. The molecule has 0 aliphatic carbocycles. The van der Waals surface area contributed by atoms with Crippen LogP contribution in [0.1, 0.15) is 22.8 Å². The van der Waals surface area contributed by atoms with Gasteiger partial charge in [-0.05, 0) is 23.4 Å². The molecular weight excluding hydrogens is 228 g/mol. The maximum Gasteiger partial charge on any atom is 0.336 e. The summed E-state index contributed by atoms with van der Waals surface area (Å²) < 4.78 is 0. The molecule has 0 fully saturated rings. The largest absolute Gasteiger partial charge is 0.481 e. The van der Waals surface area contributed by atoms with Crippen LogP contribution in [0.4, 0.5) is 0 Å². The summed E-state index contributed by atoms with van der Waals surface area (Å²) in [6, 6.07) is 4.84. The molecule has 0 aliphatic heterocycles. The van der Waals surface area contributed by atoms with Crippen molar-refractivity contribution in [3.63, 3.8) is 0 Å². The summed E-state index contributed by atoms with van der Waals surface area (Å²) in [4.78, 5) is 22.4. The predicted octanol–water partition coefficient (Wildman–Crippen LogP) is 2.12. The molecule has 0 saturated carbocycles. The second-order valence-electron chi connectivity index (χ2n) is 3.13. The van der Waals surface area contributed by atoms with Crippen LogP contribution < -0.4 is 0 Å². The maximum atomic E-state index is 11.0. The van der Waals surface area contributed by atoms with E-state index in [4.69, 9.17) is 10.2 Å². The van der Waals surface area contributed by atoms with Crippen LogP contribution in [-0.4, -0.2) is 27.9 Å². The lowest BCUT2D eigenvalue weighted by molar-refractivity contribution is -0.136. The van der Waals surface area contributed by atoms with Crippen LogP contribution in [0.25, 0.3) is 0 Å². The van der Waals surface area contributed by atoms with Gasteiger partial charge in [0.05, 0.1) is 12.0 Å². The lowest BCUT2D eigenvalue weighted by atomic mass is 10.1. The van der Waals surface area contributed by atoms with Crippen LogP contribution in [0, 0.1) is 0 Å². The summed E-state index contributed by atoms with van der Waals surface area (Å²) in [7, 11) is 0. The molecule has 0 aliphatic rings. The average molecular weight is 240 g/mol. The molecule has 2 N–H and O–H groups in total. The summed E-state index contributed by atoms with van der Waals surface area (Å²) in [6.45, 7) is 1.97. The second kappa shape index (κ2) is 5.55. The van der Waals surface area contributed by atoms with Crippen molar-refractivity contribution in [1.82, 2.24) is 0 Å². The molecule has 1 aromatic rings. The SMILES string of the molecule is CCSc1ccc(CC(=O)O)c(C(=O)O)c1. The molecule has 4 nitrogen and oxygen atoms in total. The summed E-state index contributed by atoms with van der Waals surface area (Å²) in [5.41, 5.74) is 0.404. The monoisotopic (exact) mass is 240 g/mol. The van der Waals surface area contributed by atoms with Gasteiger partial charge in [0.1, 0.15) is 0 Å². The van der Waals surface area contributed by atoms with Gasteiger partial charge in [-0.3, -0.25) is 4.79 Å². The van der Waals surface area contributed by atoms with E-state index in [1.165, 1.54) is 17.8 Å². The molecule has 0 bridgehead atoms. The van der Waals surface area contributed by atoms with E-state index >= 15 is 0 Å². The van der Waals surface area contributed by atoms with Gasteiger partial charge in [0.25, 0.3) is 0 Å². The first-order valence-corrected chi connectivity index (χ1v) is 5.74. The average Bonchev–Trinajstić information content (AvgIpc) is 2.19. The first-order valence-electron chi connectivity index (χ1n) is 4.75. The highest BCUT2D eigenvalue weighted by molar-refractivity contribution is 7.99. The van der Waals surface area contributed by atoms with Gasteiger partial charge in [-0.1, -0.05) is 13.0 Å². The summed E-state index contributed by atoms with van der Waals surface area (Å²) >= 11 is 1.52. The molecule has 1 aromatic carbocycles. The van der Waals surface area contributed by atoms with Crippen LogP contribution >= 0.6 is 11.8 Å². The molecule has 16 heavy (non-hydrogen) atoms. The predicted molar refractivity (Wildman–Crippen MR) is 61.1 cm³/mol. The number of aliphatic carboxylic acids is 1. The topological polar surface area (TPSA) is 74.6 Å². The minimum absolute atomic E-state index is 0.0702. The van der Waals surface area contributed by atoms with Crippen LogP contribution in [0.3, 0.4) is 0 Å². The van der Waals surface area contributed by atoms with Crippen molar-refractivity contribution in [2.45, 2.75) is 18.2 Å². The highest BCUT2D eigenvalue weighted by Gasteiger charge is 2.13. The minimum Gasteiger partial charge on any atom is -0.481 e. The van der Waals surface area contributed by atoms with Crippen LogP contribution in [0.5, 0.6) is 0 Å². The quantitative estimate of drug-likeness (QED) is 0.771. The Morgan fingerprint density at radius 1 is 1.31 bits per heavy atom. The van der Waals surface area contributed by atoms with E-state index in [1.807, 2.05) is 6.92 Å². The molecule has 5 heteroatoms. The molecule has 0 spiro atoms. The van der Waals surface area contributed by atoms with Crippen molar-refractivity contribution < 1.29 is 19.8 Å². The Kier molecular flexibility index (Phi) is 4.37. The van der Waals surface area contributed by atoms with Crippen molar-refractivity contribution in [2.24, 2.45) is 0 Å². The fourth-order valence-electron chi connectivity index (χ4n) is 1.33. The zero-order valence-corrected chi connectivity index (χ0v) is 9.58. The number of hydrogen-bond acceptors (Lipinski definition) is 3. The summed E-state index contributed by atoms with van der Waals surface area (Å²) in [5.74, 6) is -1.27. The van der Waals surface area contributed by atoms with Crippen molar-refractivity contribution >= 4 is 23.7 Å². The zero-order valence-electron chi connectivity index (χ0n) is 8.77. The van der Waals surface area contributed by atoms with Gasteiger partial charge < -0.3 is 10.2 Å². The Morgan fingerprint density at radius 2 is 2.00 bits per heavy atom. The van der Waals surface area contributed by atoms with Crippen LogP contribution in [-0.2, 0) is 11.2 Å². The normalized spacial score (nSPS) is 10.1. The molecule has 0 aromatic heterocycles. The molecule has 0 heterocycles. The van der Waals surface area contributed by atoms with Crippen molar-refractivity contribution in [3.05, 3.63) is 29.3 Å². The molecule has 0 saturated heterocycles. The van der Waals surface area contributed by atoms with E-state index in [0.29, 0.717) is 5.56 Å². The number of hydrogen-bond donors (Lipinski definition) is 2. The van der Waals surface area contributed by atoms with Gasteiger partial charge in [0, 0.05) is 4.90 Å². The maximum absolute atomic E-state index is 11.0. The third-order valence-electron chi connectivity index (χ3n) is 1.96. The van der Waals surface area contributed by atoms with Gasteiger partial charge in [-0.15, -0.1) is 11.8 Å². The van der Waals surface area contributed by atoms with Gasteiger partial charge in [-0.2, -0.15) is 0 Å². The first kappa shape index (κ1) is 12.6. The van der Waals surface area contributed by atoms with Gasteiger partial charge in [0.15, 0.2) is 0 Å². The zero-order chi connectivity index (χ0) is 12.1. The summed E-state index contributed by atoms with van der Waals surface area (Å²) in [5, 5.41) is 17.6. The number of carboxylic acids is 2. The van der Waals surface area contributed by atoms with E-state index in [2.05, 4.69) is 0 Å². The lowest BCUT2D eigenvalue weighted by Gasteiger charge is -2.06. The molecule has 0 atom stereocenters. The Balaban J connectivity index is 3.08. The molecule has 86 valence electrons. The number of carboxylic acid groups (broad SMARTS) is 2. The number of rotatable bonds is 5. The molecule has 0 unspecified atom stereocenters. The Bertz CT molecular complexity index is 414. The number of benzene rings is 1. The number of aromatic carboxylic acids is 1. The van der Waals surface area contributed by atoms with Crippen LogP contribution in [0.2, 0.25) is 0 Å². The van der Waals surface area contributed by atoms with E-state index in [1.54, 1.807) is 12.1 Å². The van der Waals surface area contributed by atoms with Crippen LogP contribution in [0.15, 0.2) is 23.1 Å². The standard InChI is InChI=1S/C11H12O4S/c1-2-16-8-4-3-7(5-10(12)13)9(6-8)11(14)15/h3-4,6H,2,5H2,1H3,(H,12,13)(H,14,15). The van der Waals surface area contributed by atoms with Gasteiger partial charge in [0.2, 0.25) is 0 Å².